The highest BCUT2D eigenvalue weighted by Gasteiger charge is 2.21. The molecule has 0 saturated heterocycles. The van der Waals surface area contributed by atoms with Gasteiger partial charge >= 0.3 is 6.03 Å². The van der Waals surface area contributed by atoms with E-state index in [4.69, 9.17) is 0 Å². The number of carbonyl (C=O) groups is 1. The lowest BCUT2D eigenvalue weighted by Crippen LogP contribution is -2.41. The van der Waals surface area contributed by atoms with E-state index in [1.54, 1.807) is 43.3 Å². The zero-order chi connectivity index (χ0) is 18.3. The zero-order valence-electron chi connectivity index (χ0n) is 15.5. The molecule has 1 aromatic carbocycles. The molecule has 132 valence electrons. The molecule has 0 bridgehead atoms. The van der Waals surface area contributed by atoms with E-state index in [9.17, 15) is 9.18 Å². The summed E-state index contributed by atoms with van der Waals surface area (Å²) >= 11 is 0. The van der Waals surface area contributed by atoms with Crippen molar-refractivity contribution in [2.45, 2.75) is 40.7 Å². The molecule has 0 aliphatic carbocycles. The van der Waals surface area contributed by atoms with Gasteiger partial charge in [0, 0.05) is 25.4 Å². The smallest absolute Gasteiger partial charge is 0.300 e. The van der Waals surface area contributed by atoms with Crippen molar-refractivity contribution in [2.75, 3.05) is 13.6 Å². The Labute approximate surface area is 144 Å². The van der Waals surface area contributed by atoms with E-state index in [2.05, 4.69) is 25.8 Å². The van der Waals surface area contributed by atoms with Gasteiger partial charge in [0.05, 0.1) is 12.4 Å². The average molecular weight is 333 g/mol. The third-order valence-corrected chi connectivity index (χ3v) is 3.34. The first-order valence-electron chi connectivity index (χ1n) is 8.09. The number of nitrogens with zero attached hydrogens (tertiary/aromatic N) is 3. The van der Waals surface area contributed by atoms with Crippen LogP contribution in [-0.2, 0) is 0 Å². The maximum Gasteiger partial charge on any atom is 0.328 e. The van der Waals surface area contributed by atoms with Gasteiger partial charge in [0.25, 0.3) is 0 Å². The van der Waals surface area contributed by atoms with Gasteiger partial charge in [0.1, 0.15) is 5.82 Å². The lowest BCUT2D eigenvalue weighted by Gasteiger charge is -2.29. The van der Waals surface area contributed by atoms with Crippen molar-refractivity contribution in [3.05, 3.63) is 47.9 Å². The lowest BCUT2D eigenvalue weighted by molar-refractivity contribution is 0.182. The minimum absolute atomic E-state index is 0.0202. The lowest BCUT2D eigenvalue weighted by atomic mass is 9.96. The molecule has 5 heteroatoms. The summed E-state index contributed by atoms with van der Waals surface area (Å²) in [6, 6.07) is 5.99. The number of rotatable bonds is 5. The van der Waals surface area contributed by atoms with Crippen LogP contribution in [0.1, 0.15) is 46.2 Å². The Hall–Kier alpha value is -2.17. The number of hydrogen-bond acceptors (Lipinski definition) is 2. The Balaban J connectivity index is 2.82. The minimum Gasteiger partial charge on any atom is -0.300 e. The number of carbonyl (C=O) groups excluding carboxylic acids is 1. The van der Waals surface area contributed by atoms with E-state index >= 15 is 0 Å². The summed E-state index contributed by atoms with van der Waals surface area (Å²) in [6.07, 6.45) is 5.05. The fraction of sp³-hybridized carbons (Fsp3) is 0.474. The van der Waals surface area contributed by atoms with Crippen LogP contribution in [0.3, 0.4) is 0 Å². The van der Waals surface area contributed by atoms with Gasteiger partial charge in [-0.1, -0.05) is 45.0 Å². The van der Waals surface area contributed by atoms with Crippen LogP contribution in [0.5, 0.6) is 0 Å². The molecule has 0 aromatic heterocycles. The fourth-order valence-corrected chi connectivity index (χ4v) is 2.22. The van der Waals surface area contributed by atoms with Crippen LogP contribution >= 0.6 is 0 Å². The van der Waals surface area contributed by atoms with E-state index in [1.165, 1.54) is 17.3 Å². The van der Waals surface area contributed by atoms with Gasteiger partial charge in [0.15, 0.2) is 0 Å². The molecule has 1 aromatic rings. The predicted octanol–water partition coefficient (Wildman–Crippen LogP) is 4.85. The average Bonchev–Trinajstić information content (AvgIpc) is 2.50. The predicted molar refractivity (Wildman–Crippen MR) is 97.4 cm³/mol. The number of aliphatic imine (C=N–C) groups is 1. The fourth-order valence-electron chi connectivity index (χ4n) is 2.22. The highest BCUT2D eigenvalue weighted by Crippen LogP contribution is 2.20. The quantitative estimate of drug-likeness (QED) is 0.560. The number of hydrogen-bond donors (Lipinski definition) is 0. The first kappa shape index (κ1) is 19.9. The molecular formula is C19H28FN3O. The molecule has 0 saturated carbocycles. The molecule has 0 radical (unpaired) electrons. The van der Waals surface area contributed by atoms with Crippen LogP contribution < -0.4 is 0 Å². The third kappa shape index (κ3) is 6.14. The SMILES string of the molecule is C/C=C/N(CC(C)(C)C)C(=O)N(C)C=NC(C)c1ccccc1F. The molecular weight excluding hydrogens is 305 g/mol. The Morgan fingerprint density at radius 2 is 1.96 bits per heavy atom. The topological polar surface area (TPSA) is 35.9 Å². The Morgan fingerprint density at radius 1 is 1.33 bits per heavy atom. The number of urea groups is 1. The highest BCUT2D eigenvalue weighted by molar-refractivity contribution is 5.86. The largest absolute Gasteiger partial charge is 0.328 e. The Morgan fingerprint density at radius 3 is 2.50 bits per heavy atom. The summed E-state index contributed by atoms with van der Waals surface area (Å²) in [5.41, 5.74) is 0.489. The first-order valence-corrected chi connectivity index (χ1v) is 8.09. The standard InChI is InChI=1S/C19H28FN3O/c1-7-12-23(13-19(3,4)5)18(24)22(6)14-21-15(2)16-10-8-9-11-17(16)20/h7-12,14-15H,13H2,1-6H3/b12-7+,21-14?. The number of amides is 2. The third-order valence-electron chi connectivity index (χ3n) is 3.34. The number of halogens is 1. The van der Waals surface area contributed by atoms with Crippen molar-refractivity contribution in [2.24, 2.45) is 10.4 Å². The summed E-state index contributed by atoms with van der Waals surface area (Å²) < 4.78 is 13.8. The van der Waals surface area contributed by atoms with Crippen LogP contribution in [0.15, 0.2) is 41.5 Å². The van der Waals surface area contributed by atoms with Crippen molar-refractivity contribution < 1.29 is 9.18 Å². The second-order valence-electron chi connectivity index (χ2n) is 7.03. The van der Waals surface area contributed by atoms with E-state index in [0.717, 1.165) is 0 Å². The van der Waals surface area contributed by atoms with Gasteiger partial charge < -0.3 is 4.90 Å². The second-order valence-corrected chi connectivity index (χ2v) is 7.03. The summed E-state index contributed by atoms with van der Waals surface area (Å²) in [7, 11) is 1.65. The normalized spacial score (nSPS) is 13.5. The van der Waals surface area contributed by atoms with Gasteiger partial charge in [-0.2, -0.15) is 0 Å². The molecule has 2 amide bonds. The van der Waals surface area contributed by atoms with Crippen LogP contribution in [0.2, 0.25) is 0 Å². The number of allylic oxidation sites excluding steroid dienone is 1. The molecule has 0 aliphatic rings. The van der Waals surface area contributed by atoms with E-state index in [0.29, 0.717) is 12.1 Å². The Bertz CT molecular complexity index is 605. The van der Waals surface area contributed by atoms with Crippen molar-refractivity contribution in [1.82, 2.24) is 9.80 Å². The van der Waals surface area contributed by atoms with Crippen LogP contribution in [0, 0.1) is 11.2 Å². The molecule has 0 aliphatic heterocycles. The van der Waals surface area contributed by atoms with E-state index < -0.39 is 0 Å². The second kappa shape index (κ2) is 8.62. The van der Waals surface area contributed by atoms with E-state index in [-0.39, 0.29) is 23.3 Å². The Kier molecular flexibility index (Phi) is 7.14. The monoisotopic (exact) mass is 333 g/mol. The maximum absolute atomic E-state index is 13.8. The molecule has 1 unspecified atom stereocenters. The van der Waals surface area contributed by atoms with Gasteiger partial charge in [-0.3, -0.25) is 9.89 Å². The molecule has 1 rings (SSSR count). The van der Waals surface area contributed by atoms with Gasteiger partial charge in [-0.25, -0.2) is 9.18 Å². The van der Waals surface area contributed by atoms with Gasteiger partial charge in [-0.15, -0.1) is 0 Å². The minimum atomic E-state index is -0.362. The maximum atomic E-state index is 13.8. The summed E-state index contributed by atoms with van der Waals surface area (Å²) in [6.45, 7) is 10.5. The molecule has 0 heterocycles. The summed E-state index contributed by atoms with van der Waals surface area (Å²) in [4.78, 5) is 19.9. The highest BCUT2D eigenvalue weighted by atomic mass is 19.1. The van der Waals surface area contributed by atoms with Crippen molar-refractivity contribution in [3.8, 4) is 0 Å². The van der Waals surface area contributed by atoms with Crippen molar-refractivity contribution >= 4 is 12.4 Å². The molecule has 24 heavy (non-hydrogen) atoms. The van der Waals surface area contributed by atoms with Crippen LogP contribution in [-0.4, -0.2) is 35.8 Å². The molecule has 0 spiro atoms. The first-order chi connectivity index (χ1) is 11.2. The van der Waals surface area contributed by atoms with Crippen LogP contribution in [0.25, 0.3) is 0 Å². The van der Waals surface area contributed by atoms with Crippen molar-refractivity contribution in [3.63, 3.8) is 0 Å². The van der Waals surface area contributed by atoms with E-state index in [1.807, 2.05) is 13.0 Å². The van der Waals surface area contributed by atoms with Gasteiger partial charge in [0.2, 0.25) is 0 Å². The molecule has 0 fully saturated rings. The molecule has 1 atom stereocenters. The summed E-state index contributed by atoms with van der Waals surface area (Å²) in [5, 5.41) is 0. The number of benzene rings is 1. The van der Waals surface area contributed by atoms with Crippen molar-refractivity contribution in [1.29, 1.82) is 0 Å². The summed E-state index contributed by atoms with van der Waals surface area (Å²) in [5.74, 6) is -0.292. The van der Waals surface area contributed by atoms with Crippen LogP contribution in [0.4, 0.5) is 9.18 Å². The van der Waals surface area contributed by atoms with Gasteiger partial charge in [-0.05, 0) is 25.3 Å². The molecule has 4 nitrogen and oxygen atoms in total. The molecule has 0 N–H and O–H groups in total. The zero-order valence-corrected chi connectivity index (χ0v) is 15.5.